The molecule has 1 aliphatic heterocycles. The van der Waals surface area contributed by atoms with Gasteiger partial charge in [0.2, 0.25) is 5.91 Å². The molecule has 0 spiro atoms. The van der Waals surface area contributed by atoms with Crippen LogP contribution in [0, 0.1) is 20.8 Å². The molecule has 1 aliphatic rings. The quantitative estimate of drug-likeness (QED) is 0.809. The van der Waals surface area contributed by atoms with Crippen molar-refractivity contribution in [3.8, 4) is 0 Å². The van der Waals surface area contributed by atoms with Crippen molar-refractivity contribution in [3.63, 3.8) is 0 Å². The lowest BCUT2D eigenvalue weighted by Crippen LogP contribution is -2.42. The Labute approximate surface area is 151 Å². The number of aryl methyl sites for hydroxylation is 3. The first-order chi connectivity index (χ1) is 12.0. The number of thiophene rings is 1. The summed E-state index contributed by atoms with van der Waals surface area (Å²) in [6.07, 6.45) is 0. The fraction of sp³-hybridized carbons (Fsp3) is 0.588. The van der Waals surface area contributed by atoms with Crippen LogP contribution >= 0.6 is 11.3 Å². The smallest absolute Gasteiger partial charge is 0.239 e. The number of amides is 1. The number of rotatable bonds is 6. The van der Waals surface area contributed by atoms with Crippen LogP contribution in [-0.4, -0.2) is 66.7 Å². The third-order valence-corrected chi connectivity index (χ3v) is 5.51. The highest BCUT2D eigenvalue weighted by Gasteiger charge is 2.14. The molecule has 2 N–H and O–H groups in total. The lowest BCUT2D eigenvalue weighted by atomic mass is 10.2. The molecule has 1 fully saturated rings. The zero-order valence-electron chi connectivity index (χ0n) is 15.0. The lowest BCUT2D eigenvalue weighted by Gasteiger charge is -2.26. The first kappa shape index (κ1) is 18.0. The van der Waals surface area contributed by atoms with Crippen molar-refractivity contribution in [1.82, 2.24) is 20.2 Å². The maximum Gasteiger partial charge on any atom is 0.239 e. The summed E-state index contributed by atoms with van der Waals surface area (Å²) in [4.78, 5) is 25.6. The van der Waals surface area contributed by atoms with E-state index in [4.69, 9.17) is 4.74 Å². The van der Waals surface area contributed by atoms with E-state index in [9.17, 15) is 4.79 Å². The normalized spacial score (nSPS) is 15.5. The van der Waals surface area contributed by atoms with Gasteiger partial charge >= 0.3 is 0 Å². The number of fused-ring (bicyclic) bond motifs is 1. The average Bonchev–Trinajstić information content (AvgIpc) is 2.88. The molecule has 0 aromatic carbocycles. The van der Waals surface area contributed by atoms with E-state index in [1.807, 2.05) is 6.92 Å². The van der Waals surface area contributed by atoms with Gasteiger partial charge in [0, 0.05) is 31.1 Å². The van der Waals surface area contributed by atoms with Gasteiger partial charge in [0.1, 0.15) is 16.5 Å². The minimum absolute atomic E-state index is 0.0257. The van der Waals surface area contributed by atoms with E-state index in [0.29, 0.717) is 12.4 Å². The highest BCUT2D eigenvalue weighted by molar-refractivity contribution is 7.18. The van der Waals surface area contributed by atoms with E-state index in [0.717, 1.165) is 48.9 Å². The van der Waals surface area contributed by atoms with Crippen molar-refractivity contribution in [2.75, 3.05) is 51.3 Å². The maximum atomic E-state index is 12.1. The summed E-state index contributed by atoms with van der Waals surface area (Å²) >= 11 is 1.66. The van der Waals surface area contributed by atoms with Crippen molar-refractivity contribution < 1.29 is 9.53 Å². The van der Waals surface area contributed by atoms with Crippen LogP contribution in [-0.2, 0) is 9.53 Å². The molecule has 3 rings (SSSR count). The number of carbonyl (C=O) groups is 1. The predicted molar refractivity (Wildman–Crippen MR) is 100 cm³/mol. The van der Waals surface area contributed by atoms with Crippen LogP contribution < -0.4 is 10.6 Å². The Morgan fingerprint density at radius 1 is 1.24 bits per heavy atom. The van der Waals surface area contributed by atoms with Crippen molar-refractivity contribution in [3.05, 3.63) is 16.3 Å². The molecule has 1 saturated heterocycles. The van der Waals surface area contributed by atoms with Crippen molar-refractivity contribution in [1.29, 1.82) is 0 Å². The van der Waals surface area contributed by atoms with E-state index in [1.54, 1.807) is 11.3 Å². The number of aromatic nitrogens is 2. The second-order valence-corrected chi connectivity index (χ2v) is 7.44. The molecule has 0 bridgehead atoms. The summed E-state index contributed by atoms with van der Waals surface area (Å²) < 4.78 is 5.32. The molecule has 2 aromatic rings. The molecule has 0 aliphatic carbocycles. The molecular formula is C17H25N5O2S. The molecule has 0 radical (unpaired) electrons. The molecule has 0 saturated carbocycles. The summed E-state index contributed by atoms with van der Waals surface area (Å²) in [6, 6.07) is 0. The maximum absolute atomic E-state index is 12.1. The van der Waals surface area contributed by atoms with Gasteiger partial charge < -0.3 is 15.4 Å². The highest BCUT2D eigenvalue weighted by atomic mass is 32.1. The van der Waals surface area contributed by atoms with Crippen molar-refractivity contribution >= 4 is 33.3 Å². The van der Waals surface area contributed by atoms with Gasteiger partial charge in [0.05, 0.1) is 25.1 Å². The van der Waals surface area contributed by atoms with Gasteiger partial charge in [-0.05, 0) is 26.3 Å². The number of carbonyl (C=O) groups excluding carboxylic acids is 1. The fourth-order valence-electron chi connectivity index (χ4n) is 2.89. The van der Waals surface area contributed by atoms with E-state index in [-0.39, 0.29) is 12.5 Å². The third kappa shape index (κ3) is 4.45. The Morgan fingerprint density at radius 2 is 2.00 bits per heavy atom. The summed E-state index contributed by atoms with van der Waals surface area (Å²) in [6.45, 7) is 11.2. The molecule has 1 amide bonds. The lowest BCUT2D eigenvalue weighted by molar-refractivity contribution is -0.119. The molecule has 2 aromatic heterocycles. The predicted octanol–water partition coefficient (Wildman–Crippen LogP) is 1.48. The number of nitrogens with zero attached hydrogens (tertiary/aromatic N) is 3. The molecule has 8 heteroatoms. The Morgan fingerprint density at radius 3 is 2.76 bits per heavy atom. The topological polar surface area (TPSA) is 79.4 Å². The first-order valence-corrected chi connectivity index (χ1v) is 9.41. The van der Waals surface area contributed by atoms with Gasteiger partial charge in [-0.2, -0.15) is 0 Å². The van der Waals surface area contributed by atoms with Crippen LogP contribution in [0.4, 0.5) is 5.82 Å². The average molecular weight is 363 g/mol. The van der Waals surface area contributed by atoms with Crippen LogP contribution in [0.2, 0.25) is 0 Å². The number of anilines is 1. The van der Waals surface area contributed by atoms with Crippen molar-refractivity contribution in [2.45, 2.75) is 20.8 Å². The Kier molecular flexibility index (Phi) is 5.82. The van der Waals surface area contributed by atoms with E-state index >= 15 is 0 Å². The Hall–Kier alpha value is -1.77. The van der Waals surface area contributed by atoms with Gasteiger partial charge in [-0.1, -0.05) is 0 Å². The number of morpholine rings is 1. The second-order valence-electron chi connectivity index (χ2n) is 6.24. The number of ether oxygens (including phenoxy) is 1. The van der Waals surface area contributed by atoms with Gasteiger partial charge in [-0.15, -0.1) is 11.3 Å². The number of nitrogens with one attached hydrogen (secondary N) is 2. The van der Waals surface area contributed by atoms with Gasteiger partial charge in [0.15, 0.2) is 0 Å². The fourth-order valence-corrected chi connectivity index (χ4v) is 3.96. The van der Waals surface area contributed by atoms with Crippen molar-refractivity contribution in [2.24, 2.45) is 0 Å². The summed E-state index contributed by atoms with van der Waals surface area (Å²) in [5.41, 5.74) is 1.18. The van der Waals surface area contributed by atoms with E-state index in [1.165, 1.54) is 10.4 Å². The number of hydrogen-bond acceptors (Lipinski definition) is 7. The number of hydrogen-bond donors (Lipinski definition) is 2. The summed E-state index contributed by atoms with van der Waals surface area (Å²) in [7, 11) is 0. The van der Waals surface area contributed by atoms with Gasteiger partial charge in [0.25, 0.3) is 0 Å². The third-order valence-electron chi connectivity index (χ3n) is 4.41. The molecule has 7 nitrogen and oxygen atoms in total. The van der Waals surface area contributed by atoms with Crippen LogP contribution in [0.1, 0.15) is 16.3 Å². The SMILES string of the molecule is Cc1nc(NCC(=O)NCCN2CCOCC2)c2c(C)c(C)sc2n1. The molecule has 3 heterocycles. The first-order valence-electron chi connectivity index (χ1n) is 8.59. The summed E-state index contributed by atoms with van der Waals surface area (Å²) in [5, 5.41) is 7.16. The van der Waals surface area contributed by atoms with Gasteiger partial charge in [-0.3, -0.25) is 9.69 Å². The van der Waals surface area contributed by atoms with E-state index in [2.05, 4.69) is 39.3 Å². The molecule has 25 heavy (non-hydrogen) atoms. The molecule has 0 atom stereocenters. The monoisotopic (exact) mass is 363 g/mol. The van der Waals surface area contributed by atoms with Crippen LogP contribution in [0.5, 0.6) is 0 Å². The molecule has 0 unspecified atom stereocenters. The Bertz CT molecular complexity index is 755. The molecular weight excluding hydrogens is 338 g/mol. The largest absolute Gasteiger partial charge is 0.379 e. The summed E-state index contributed by atoms with van der Waals surface area (Å²) in [5.74, 6) is 1.43. The van der Waals surface area contributed by atoms with Crippen LogP contribution in [0.25, 0.3) is 10.2 Å². The van der Waals surface area contributed by atoms with E-state index < -0.39 is 0 Å². The zero-order chi connectivity index (χ0) is 17.8. The standard InChI is InChI=1S/C17H25N5O2S/c1-11-12(2)25-17-15(11)16(20-13(3)21-17)19-10-14(23)18-4-5-22-6-8-24-9-7-22/h4-10H2,1-3H3,(H,18,23)(H,19,20,21). The minimum Gasteiger partial charge on any atom is -0.379 e. The van der Waals surface area contributed by atoms with Crippen LogP contribution in [0.3, 0.4) is 0 Å². The Balaban J connectivity index is 1.54. The molecule has 136 valence electrons. The second kappa shape index (κ2) is 8.07. The minimum atomic E-state index is -0.0257. The highest BCUT2D eigenvalue weighted by Crippen LogP contribution is 2.32. The van der Waals surface area contributed by atoms with Gasteiger partial charge in [-0.25, -0.2) is 9.97 Å². The van der Waals surface area contributed by atoms with Crippen LogP contribution in [0.15, 0.2) is 0 Å². The zero-order valence-corrected chi connectivity index (χ0v) is 15.8.